The molecule has 33 heavy (non-hydrogen) atoms. The summed E-state index contributed by atoms with van der Waals surface area (Å²) in [5, 5.41) is 3.83. The zero-order chi connectivity index (χ0) is 23.6. The Morgan fingerprint density at radius 3 is 2.55 bits per heavy atom. The molecule has 1 atom stereocenters. The molecule has 0 aromatic heterocycles. The lowest BCUT2D eigenvalue weighted by Crippen LogP contribution is -2.50. The van der Waals surface area contributed by atoms with Crippen LogP contribution in [0.2, 0.25) is 5.02 Å². The molecule has 0 bridgehead atoms. The lowest BCUT2D eigenvalue weighted by Gasteiger charge is -2.31. The second-order valence-corrected chi connectivity index (χ2v) is 9.37. The van der Waals surface area contributed by atoms with E-state index in [1.165, 1.54) is 6.42 Å². The van der Waals surface area contributed by atoms with Crippen LogP contribution in [-0.4, -0.2) is 35.4 Å². The van der Waals surface area contributed by atoms with Crippen LogP contribution in [0.3, 0.4) is 0 Å². The number of hydrogen-bond acceptors (Lipinski definition) is 3. The quantitative estimate of drug-likeness (QED) is 0.455. The Kier molecular flexibility index (Phi) is 9.61. The van der Waals surface area contributed by atoms with Gasteiger partial charge in [-0.15, -0.1) is 0 Å². The number of nitrogens with zero attached hydrogens (tertiary/aromatic N) is 1. The number of carbonyl (C=O) groups is 2. The van der Waals surface area contributed by atoms with E-state index in [2.05, 4.69) is 11.4 Å². The summed E-state index contributed by atoms with van der Waals surface area (Å²) >= 11 is 5.90. The van der Waals surface area contributed by atoms with Crippen molar-refractivity contribution in [2.24, 2.45) is 0 Å². The SMILES string of the molecule is Cc1cccc(CN(C(=O)CCCOc2ccc(Cl)cc2)C(C)C(=O)NC2CCCCC2)c1. The number of aryl methyl sites for hydroxylation is 1. The maximum absolute atomic E-state index is 13.2. The average molecular weight is 471 g/mol. The molecule has 0 saturated heterocycles. The second-order valence-electron chi connectivity index (χ2n) is 8.94. The van der Waals surface area contributed by atoms with Crippen molar-refractivity contribution in [3.05, 3.63) is 64.7 Å². The number of rotatable bonds is 10. The molecule has 1 aliphatic carbocycles. The number of nitrogens with one attached hydrogen (secondary N) is 1. The molecule has 178 valence electrons. The number of hydrogen-bond donors (Lipinski definition) is 1. The van der Waals surface area contributed by atoms with Gasteiger partial charge in [0.25, 0.3) is 0 Å². The van der Waals surface area contributed by atoms with E-state index in [4.69, 9.17) is 16.3 Å². The van der Waals surface area contributed by atoms with Gasteiger partial charge in [-0.05, 0) is 62.9 Å². The molecular weight excluding hydrogens is 436 g/mol. The van der Waals surface area contributed by atoms with Crippen molar-refractivity contribution < 1.29 is 14.3 Å². The molecule has 0 spiro atoms. The summed E-state index contributed by atoms with van der Waals surface area (Å²) in [6.45, 7) is 4.70. The van der Waals surface area contributed by atoms with Crippen molar-refractivity contribution in [1.82, 2.24) is 10.2 Å². The summed E-state index contributed by atoms with van der Waals surface area (Å²) in [6.07, 6.45) is 6.47. The third-order valence-corrected chi connectivity index (χ3v) is 6.42. The van der Waals surface area contributed by atoms with Crippen molar-refractivity contribution in [2.45, 2.75) is 77.4 Å². The largest absolute Gasteiger partial charge is 0.494 e. The Labute approximate surface area is 202 Å². The number of benzene rings is 2. The second kappa shape index (κ2) is 12.6. The highest BCUT2D eigenvalue weighted by atomic mass is 35.5. The third kappa shape index (κ3) is 8.08. The Balaban J connectivity index is 1.60. The van der Waals surface area contributed by atoms with Crippen LogP contribution >= 0.6 is 11.6 Å². The van der Waals surface area contributed by atoms with Crippen molar-refractivity contribution >= 4 is 23.4 Å². The van der Waals surface area contributed by atoms with Gasteiger partial charge in [-0.2, -0.15) is 0 Å². The van der Waals surface area contributed by atoms with E-state index in [1.807, 2.05) is 44.2 Å². The molecule has 0 radical (unpaired) electrons. The van der Waals surface area contributed by atoms with Crippen LogP contribution in [0.25, 0.3) is 0 Å². The standard InChI is InChI=1S/C27H35ClN2O3/c1-20-8-6-9-22(18-20)19-30(21(2)27(32)29-24-10-4-3-5-11-24)26(31)12-7-17-33-25-15-13-23(28)14-16-25/h6,8-9,13-16,18,21,24H,3-5,7,10-12,17,19H2,1-2H3,(H,29,32). The predicted molar refractivity (Wildman–Crippen MR) is 132 cm³/mol. The fourth-order valence-electron chi connectivity index (χ4n) is 4.25. The van der Waals surface area contributed by atoms with E-state index in [9.17, 15) is 9.59 Å². The minimum Gasteiger partial charge on any atom is -0.494 e. The molecule has 2 aromatic carbocycles. The Morgan fingerprint density at radius 1 is 1.12 bits per heavy atom. The molecule has 1 saturated carbocycles. The van der Waals surface area contributed by atoms with E-state index in [1.54, 1.807) is 17.0 Å². The molecule has 2 amide bonds. The zero-order valence-corrected chi connectivity index (χ0v) is 20.4. The van der Waals surface area contributed by atoms with Crippen LogP contribution in [0.15, 0.2) is 48.5 Å². The highest BCUT2D eigenvalue weighted by molar-refractivity contribution is 6.30. The van der Waals surface area contributed by atoms with E-state index < -0.39 is 6.04 Å². The van der Waals surface area contributed by atoms with E-state index >= 15 is 0 Å². The van der Waals surface area contributed by atoms with Gasteiger partial charge in [0.15, 0.2) is 0 Å². The monoisotopic (exact) mass is 470 g/mol. The molecule has 5 nitrogen and oxygen atoms in total. The van der Waals surface area contributed by atoms with Crippen molar-refractivity contribution in [3.63, 3.8) is 0 Å². The molecule has 1 N–H and O–H groups in total. The molecule has 0 heterocycles. The van der Waals surface area contributed by atoms with E-state index in [-0.39, 0.29) is 17.9 Å². The van der Waals surface area contributed by atoms with Crippen LogP contribution in [-0.2, 0) is 16.1 Å². The van der Waals surface area contributed by atoms with Crippen molar-refractivity contribution in [3.8, 4) is 5.75 Å². The van der Waals surface area contributed by atoms with Gasteiger partial charge in [0.1, 0.15) is 11.8 Å². The Bertz CT molecular complexity index is 910. The topological polar surface area (TPSA) is 58.6 Å². The molecule has 6 heteroatoms. The zero-order valence-electron chi connectivity index (χ0n) is 19.7. The van der Waals surface area contributed by atoms with Gasteiger partial charge in [-0.3, -0.25) is 9.59 Å². The first kappa shape index (κ1) is 25.1. The third-order valence-electron chi connectivity index (χ3n) is 6.17. The molecule has 1 unspecified atom stereocenters. The lowest BCUT2D eigenvalue weighted by atomic mass is 9.95. The van der Waals surface area contributed by atoms with E-state index in [0.29, 0.717) is 31.0 Å². The first-order valence-electron chi connectivity index (χ1n) is 12.0. The number of amides is 2. The molecule has 0 aliphatic heterocycles. The maximum atomic E-state index is 13.2. The first-order valence-corrected chi connectivity index (χ1v) is 12.3. The van der Waals surface area contributed by atoms with Gasteiger partial charge in [-0.1, -0.05) is 60.7 Å². The highest BCUT2D eigenvalue weighted by Gasteiger charge is 2.27. The summed E-state index contributed by atoms with van der Waals surface area (Å²) in [5.41, 5.74) is 2.16. The summed E-state index contributed by atoms with van der Waals surface area (Å²) in [7, 11) is 0. The van der Waals surface area contributed by atoms with Gasteiger partial charge in [-0.25, -0.2) is 0 Å². The average Bonchev–Trinajstić information content (AvgIpc) is 2.81. The summed E-state index contributed by atoms with van der Waals surface area (Å²) in [6, 6.07) is 14.9. The fraction of sp³-hybridized carbons (Fsp3) is 0.481. The first-order chi connectivity index (χ1) is 15.9. The van der Waals surface area contributed by atoms with Gasteiger partial charge in [0, 0.05) is 24.0 Å². The van der Waals surface area contributed by atoms with Crippen LogP contribution in [0.5, 0.6) is 5.75 Å². The van der Waals surface area contributed by atoms with Gasteiger partial charge in [0.05, 0.1) is 6.61 Å². The summed E-state index contributed by atoms with van der Waals surface area (Å²) < 4.78 is 5.72. The molecule has 1 fully saturated rings. The molecule has 1 aliphatic rings. The van der Waals surface area contributed by atoms with Crippen LogP contribution in [0.4, 0.5) is 0 Å². The maximum Gasteiger partial charge on any atom is 0.242 e. The Morgan fingerprint density at radius 2 is 1.85 bits per heavy atom. The van der Waals surface area contributed by atoms with Crippen LogP contribution in [0, 0.1) is 6.92 Å². The predicted octanol–water partition coefficient (Wildman–Crippen LogP) is 5.67. The normalized spacial score (nSPS) is 15.0. The van der Waals surface area contributed by atoms with Crippen molar-refractivity contribution in [1.29, 1.82) is 0 Å². The smallest absolute Gasteiger partial charge is 0.242 e. The lowest BCUT2D eigenvalue weighted by molar-refractivity contribution is -0.141. The minimum absolute atomic E-state index is 0.0393. The summed E-state index contributed by atoms with van der Waals surface area (Å²) in [4.78, 5) is 27.9. The fourth-order valence-corrected chi connectivity index (χ4v) is 4.37. The summed E-state index contributed by atoms with van der Waals surface area (Å²) in [5.74, 6) is 0.617. The van der Waals surface area contributed by atoms with Crippen molar-refractivity contribution in [2.75, 3.05) is 6.61 Å². The molecule has 3 rings (SSSR count). The van der Waals surface area contributed by atoms with Gasteiger partial charge in [0.2, 0.25) is 11.8 Å². The van der Waals surface area contributed by atoms with Gasteiger partial charge >= 0.3 is 0 Å². The highest BCUT2D eigenvalue weighted by Crippen LogP contribution is 2.19. The van der Waals surface area contributed by atoms with Crippen LogP contribution < -0.4 is 10.1 Å². The Hall–Kier alpha value is -2.53. The number of halogens is 1. The number of carbonyl (C=O) groups excluding carboxylic acids is 2. The molecular formula is C27H35ClN2O3. The van der Waals surface area contributed by atoms with Crippen LogP contribution in [0.1, 0.15) is 63.0 Å². The number of ether oxygens (including phenoxy) is 1. The minimum atomic E-state index is -0.530. The molecule has 2 aromatic rings. The van der Waals surface area contributed by atoms with E-state index in [0.717, 1.165) is 42.6 Å². The van der Waals surface area contributed by atoms with Gasteiger partial charge < -0.3 is 15.0 Å².